The predicted molar refractivity (Wildman–Crippen MR) is 55.1 cm³/mol. The Bertz CT molecular complexity index is 740. The molecule has 0 aliphatic rings. The van der Waals surface area contributed by atoms with E-state index >= 15 is 0 Å². The lowest BCUT2D eigenvalue weighted by Gasteiger charge is -2.12. The van der Waals surface area contributed by atoms with Crippen molar-refractivity contribution in [2.45, 2.75) is 6.18 Å². The van der Waals surface area contributed by atoms with E-state index in [4.69, 9.17) is 0 Å². The molecule has 0 aliphatic heterocycles. The zero-order valence-corrected chi connectivity index (χ0v) is 9.96. The molecular formula is C10H2F7N3O2. The van der Waals surface area contributed by atoms with Crippen molar-refractivity contribution >= 4 is 5.82 Å². The highest BCUT2D eigenvalue weighted by Gasteiger charge is 2.43. The Labute approximate surface area is 115 Å². The van der Waals surface area contributed by atoms with Crippen LogP contribution in [0, 0.1) is 33.4 Å². The molecular weight excluding hydrogens is 327 g/mol. The third kappa shape index (κ3) is 2.35. The molecule has 0 spiro atoms. The molecule has 0 fully saturated rings. The Balaban J connectivity index is 2.76. The summed E-state index contributed by atoms with van der Waals surface area (Å²) in [4.78, 5) is 9.30. The van der Waals surface area contributed by atoms with E-state index in [1.165, 1.54) is 0 Å². The van der Waals surface area contributed by atoms with Crippen LogP contribution in [0.1, 0.15) is 5.56 Å². The Kier molecular flexibility index (Phi) is 3.55. The van der Waals surface area contributed by atoms with Crippen molar-refractivity contribution in [2.75, 3.05) is 0 Å². The molecule has 0 N–H and O–H groups in total. The predicted octanol–water partition coefficient (Wildman–Crippen LogP) is 3.36. The van der Waals surface area contributed by atoms with E-state index in [1.54, 1.807) is 0 Å². The summed E-state index contributed by atoms with van der Waals surface area (Å²) < 4.78 is 91.2. The van der Waals surface area contributed by atoms with Crippen LogP contribution in [0.15, 0.2) is 12.3 Å². The second kappa shape index (κ2) is 4.96. The molecule has 12 heteroatoms. The summed E-state index contributed by atoms with van der Waals surface area (Å²) in [5.74, 6) is -11.1. The van der Waals surface area contributed by atoms with Crippen molar-refractivity contribution < 1.29 is 35.7 Å². The lowest BCUT2D eigenvalue weighted by atomic mass is 10.1. The van der Waals surface area contributed by atoms with Crippen LogP contribution in [0.25, 0.3) is 5.69 Å². The fourth-order valence-electron chi connectivity index (χ4n) is 1.61. The highest BCUT2D eigenvalue weighted by Crippen LogP contribution is 2.37. The molecule has 0 unspecified atom stereocenters. The fraction of sp³-hybridized carbons (Fsp3) is 0.100. The monoisotopic (exact) mass is 329 g/mol. The molecule has 1 aromatic carbocycles. The van der Waals surface area contributed by atoms with Crippen molar-refractivity contribution in [1.29, 1.82) is 0 Å². The smallest absolute Gasteiger partial charge is 0.358 e. The van der Waals surface area contributed by atoms with Gasteiger partial charge in [-0.2, -0.15) is 13.2 Å². The number of alkyl halides is 3. The molecule has 22 heavy (non-hydrogen) atoms. The maximum absolute atomic E-state index is 13.6. The summed E-state index contributed by atoms with van der Waals surface area (Å²) in [5, 5.41) is 13.4. The first kappa shape index (κ1) is 15.7. The topological polar surface area (TPSA) is 61.0 Å². The largest absolute Gasteiger partial charge is 0.422 e. The minimum Gasteiger partial charge on any atom is -0.358 e. The number of nitro groups is 1. The van der Waals surface area contributed by atoms with E-state index in [2.05, 4.69) is 5.10 Å². The van der Waals surface area contributed by atoms with Gasteiger partial charge in [0.15, 0.2) is 29.0 Å². The second-order valence-corrected chi connectivity index (χ2v) is 3.85. The Hall–Kier alpha value is -2.66. The number of halogens is 7. The molecule has 118 valence electrons. The Morgan fingerprint density at radius 3 is 1.91 bits per heavy atom. The maximum Gasteiger partial charge on any atom is 0.422 e. The van der Waals surface area contributed by atoms with Gasteiger partial charge in [0.2, 0.25) is 0 Å². The number of rotatable bonds is 2. The van der Waals surface area contributed by atoms with E-state index in [1.807, 2.05) is 0 Å². The molecule has 1 aromatic heterocycles. The summed E-state index contributed by atoms with van der Waals surface area (Å²) >= 11 is 0. The first-order chi connectivity index (χ1) is 10.1. The highest BCUT2D eigenvalue weighted by atomic mass is 19.4. The van der Waals surface area contributed by atoms with Gasteiger partial charge in [-0.3, -0.25) is 0 Å². The molecule has 0 radical (unpaired) electrons. The van der Waals surface area contributed by atoms with Gasteiger partial charge >= 0.3 is 12.0 Å². The molecule has 5 nitrogen and oxygen atoms in total. The van der Waals surface area contributed by atoms with E-state index in [0.29, 0.717) is 12.3 Å². The lowest BCUT2D eigenvalue weighted by Crippen LogP contribution is -2.18. The van der Waals surface area contributed by atoms with Crippen LogP contribution >= 0.6 is 0 Å². The van der Waals surface area contributed by atoms with Gasteiger partial charge in [0.25, 0.3) is 0 Å². The van der Waals surface area contributed by atoms with Gasteiger partial charge in [0, 0.05) is 0 Å². The average Bonchev–Trinajstić information content (AvgIpc) is 2.85. The van der Waals surface area contributed by atoms with Crippen LogP contribution < -0.4 is 0 Å². The fourth-order valence-corrected chi connectivity index (χ4v) is 1.61. The SMILES string of the molecule is O=[N+]([O-])c1ccn(-c2c(F)c(F)c(C(F)(F)F)c(F)c2F)n1. The lowest BCUT2D eigenvalue weighted by molar-refractivity contribution is -0.389. The molecule has 0 aliphatic carbocycles. The minimum absolute atomic E-state index is 0.0229. The number of benzene rings is 1. The highest BCUT2D eigenvalue weighted by molar-refractivity contribution is 5.41. The van der Waals surface area contributed by atoms with Gasteiger partial charge < -0.3 is 10.1 Å². The third-order valence-corrected chi connectivity index (χ3v) is 2.51. The van der Waals surface area contributed by atoms with Crippen molar-refractivity contribution in [1.82, 2.24) is 9.78 Å². The molecule has 0 bridgehead atoms. The van der Waals surface area contributed by atoms with Crippen molar-refractivity contribution in [3.05, 3.63) is 51.2 Å². The minimum atomic E-state index is -5.68. The zero-order valence-electron chi connectivity index (χ0n) is 9.96. The zero-order chi connectivity index (χ0) is 16.8. The summed E-state index contributed by atoms with van der Waals surface area (Å²) in [6.45, 7) is 0. The first-order valence-corrected chi connectivity index (χ1v) is 5.19. The van der Waals surface area contributed by atoms with Crippen LogP contribution in [0.2, 0.25) is 0 Å². The van der Waals surface area contributed by atoms with Gasteiger partial charge in [0.1, 0.15) is 5.56 Å². The van der Waals surface area contributed by atoms with Crippen LogP contribution in [-0.2, 0) is 6.18 Å². The Morgan fingerprint density at radius 1 is 1.05 bits per heavy atom. The van der Waals surface area contributed by atoms with Crippen LogP contribution in [0.3, 0.4) is 0 Å². The Morgan fingerprint density at radius 2 is 1.55 bits per heavy atom. The molecule has 0 saturated carbocycles. The van der Waals surface area contributed by atoms with Crippen molar-refractivity contribution in [2.24, 2.45) is 0 Å². The van der Waals surface area contributed by atoms with E-state index < -0.39 is 51.4 Å². The van der Waals surface area contributed by atoms with Gasteiger partial charge in [-0.1, -0.05) is 0 Å². The van der Waals surface area contributed by atoms with Gasteiger partial charge in [0.05, 0.1) is 17.4 Å². The van der Waals surface area contributed by atoms with Gasteiger partial charge in [-0.15, -0.1) is 4.68 Å². The number of hydrogen-bond donors (Lipinski definition) is 0. The summed E-state index contributed by atoms with van der Waals surface area (Å²) in [7, 11) is 0. The summed E-state index contributed by atoms with van der Waals surface area (Å²) in [6.07, 6.45) is -5.11. The molecule has 2 aromatic rings. The van der Waals surface area contributed by atoms with Crippen LogP contribution in [-0.4, -0.2) is 14.7 Å². The molecule has 1 heterocycles. The normalized spacial score (nSPS) is 11.8. The molecule has 0 amide bonds. The first-order valence-electron chi connectivity index (χ1n) is 5.19. The van der Waals surface area contributed by atoms with E-state index in [9.17, 15) is 40.8 Å². The molecule has 0 saturated heterocycles. The summed E-state index contributed by atoms with van der Waals surface area (Å²) in [6, 6.07) is 0.631. The standard InChI is InChI=1S/C10H2F7N3O2/c11-5-4(10(15,16)17)6(12)8(14)9(7(5)13)19-2-1-3(18-19)20(21)22/h1-2H. The quantitative estimate of drug-likeness (QED) is 0.367. The van der Waals surface area contributed by atoms with Crippen LogP contribution in [0.4, 0.5) is 36.6 Å². The second-order valence-electron chi connectivity index (χ2n) is 3.85. The molecule has 0 atom stereocenters. The summed E-state index contributed by atoms with van der Waals surface area (Å²) in [5.41, 5.74) is -4.39. The van der Waals surface area contributed by atoms with E-state index in [0.717, 1.165) is 0 Å². The van der Waals surface area contributed by atoms with Crippen LogP contribution in [0.5, 0.6) is 0 Å². The number of aromatic nitrogens is 2. The molecule has 2 rings (SSSR count). The van der Waals surface area contributed by atoms with Crippen molar-refractivity contribution in [3.8, 4) is 5.69 Å². The van der Waals surface area contributed by atoms with Gasteiger partial charge in [-0.25, -0.2) is 17.6 Å². The average molecular weight is 329 g/mol. The number of nitrogens with zero attached hydrogens (tertiary/aromatic N) is 3. The number of hydrogen-bond acceptors (Lipinski definition) is 3. The van der Waals surface area contributed by atoms with E-state index in [-0.39, 0.29) is 4.68 Å². The third-order valence-electron chi connectivity index (χ3n) is 2.51. The maximum atomic E-state index is 13.6. The van der Waals surface area contributed by atoms with Gasteiger partial charge in [-0.05, 0) is 4.92 Å². The van der Waals surface area contributed by atoms with Crippen molar-refractivity contribution in [3.63, 3.8) is 0 Å².